The molecule has 2 rings (SSSR count). The zero-order valence-corrected chi connectivity index (χ0v) is 15.1. The molecule has 0 aromatic heterocycles. The highest BCUT2D eigenvalue weighted by Crippen LogP contribution is 2.49. The van der Waals surface area contributed by atoms with Gasteiger partial charge in [-0.1, -0.05) is 25.7 Å². The topological polar surface area (TPSA) is 55.4 Å². The summed E-state index contributed by atoms with van der Waals surface area (Å²) in [5.41, 5.74) is -0.824. The van der Waals surface area contributed by atoms with E-state index in [0.29, 0.717) is 31.6 Å². The second-order valence-electron chi connectivity index (χ2n) is 7.51. The Morgan fingerprint density at radius 2 is 1.96 bits per heavy atom. The highest BCUT2D eigenvalue weighted by Gasteiger charge is 2.54. The summed E-state index contributed by atoms with van der Waals surface area (Å²) in [5, 5.41) is 3.43. The maximum atomic E-state index is 14.4. The number of halogens is 1. The molecule has 24 heavy (non-hydrogen) atoms. The predicted molar refractivity (Wildman–Crippen MR) is 91.4 cm³/mol. The highest BCUT2D eigenvalue weighted by atomic mass is 19.1. The number of carbonyl (C=O) groups is 2. The van der Waals surface area contributed by atoms with Crippen LogP contribution in [0.15, 0.2) is 0 Å². The fourth-order valence-electron chi connectivity index (χ4n) is 4.38. The lowest BCUT2D eigenvalue weighted by atomic mass is 9.59. The summed E-state index contributed by atoms with van der Waals surface area (Å²) >= 11 is 0. The van der Waals surface area contributed by atoms with Gasteiger partial charge in [0.05, 0.1) is 12.0 Å². The summed E-state index contributed by atoms with van der Waals surface area (Å²) < 4.78 is 19.6. The molecule has 0 bridgehead atoms. The number of ether oxygens (including phenoxy) is 1. The van der Waals surface area contributed by atoms with Crippen molar-refractivity contribution in [2.24, 2.45) is 17.3 Å². The first-order chi connectivity index (χ1) is 11.5. The fraction of sp³-hybridized carbons (Fsp3) is 0.895. The maximum Gasteiger partial charge on any atom is 0.312 e. The number of hydrogen-bond donors (Lipinski definition) is 1. The molecule has 3 atom stereocenters. The Morgan fingerprint density at radius 3 is 2.46 bits per heavy atom. The average molecular weight is 341 g/mol. The van der Waals surface area contributed by atoms with E-state index in [0.717, 1.165) is 6.42 Å². The zero-order valence-electron chi connectivity index (χ0n) is 15.1. The molecular weight excluding hydrogens is 309 g/mol. The predicted octanol–water partition coefficient (Wildman–Crippen LogP) is 3.43. The van der Waals surface area contributed by atoms with Gasteiger partial charge in [0.2, 0.25) is 0 Å². The van der Waals surface area contributed by atoms with E-state index in [4.69, 9.17) is 4.74 Å². The Hall–Kier alpha value is -0.970. The molecule has 0 radical (unpaired) electrons. The first-order valence-electron chi connectivity index (χ1n) is 9.55. The van der Waals surface area contributed by atoms with Gasteiger partial charge in [-0.05, 0) is 45.4 Å². The summed E-state index contributed by atoms with van der Waals surface area (Å²) in [7, 11) is 0. The van der Waals surface area contributed by atoms with Crippen LogP contribution in [-0.2, 0) is 14.3 Å². The third kappa shape index (κ3) is 4.16. The first-order valence-corrected chi connectivity index (χ1v) is 9.55. The molecule has 1 N–H and O–H groups in total. The Labute approximate surface area is 144 Å². The largest absolute Gasteiger partial charge is 0.466 e. The van der Waals surface area contributed by atoms with Crippen LogP contribution in [0.3, 0.4) is 0 Å². The standard InChI is InChI=1S/C19H32FNO3/c1-3-24-18(23)19(10-7-11-19)16(17(20)13-22)12-21-14(2)15-8-5-4-6-9-15/h13-17,21H,3-12H2,1-2H3/t14-,16-,17-/m0/s1. The lowest BCUT2D eigenvalue weighted by Crippen LogP contribution is -2.54. The lowest BCUT2D eigenvalue weighted by molar-refractivity contribution is -0.169. The third-order valence-electron chi connectivity index (χ3n) is 6.17. The number of esters is 1. The normalized spacial score (nSPS) is 24.5. The Balaban J connectivity index is 2.02. The molecule has 0 spiro atoms. The summed E-state index contributed by atoms with van der Waals surface area (Å²) in [5.74, 6) is -0.361. The van der Waals surface area contributed by atoms with Crippen molar-refractivity contribution >= 4 is 12.3 Å². The van der Waals surface area contributed by atoms with Gasteiger partial charge in [-0.15, -0.1) is 0 Å². The van der Waals surface area contributed by atoms with Crippen molar-refractivity contribution < 1.29 is 18.7 Å². The van der Waals surface area contributed by atoms with Gasteiger partial charge in [0, 0.05) is 18.5 Å². The van der Waals surface area contributed by atoms with Crippen LogP contribution in [-0.4, -0.2) is 37.6 Å². The van der Waals surface area contributed by atoms with E-state index >= 15 is 0 Å². The number of hydrogen-bond acceptors (Lipinski definition) is 4. The molecule has 0 aromatic rings. The summed E-state index contributed by atoms with van der Waals surface area (Å²) in [6.45, 7) is 4.54. The second kappa shape index (κ2) is 8.93. The molecule has 0 aliphatic heterocycles. The minimum atomic E-state index is -1.62. The minimum absolute atomic E-state index is 0.283. The number of nitrogens with one attached hydrogen (secondary N) is 1. The molecule has 2 aliphatic rings. The van der Waals surface area contributed by atoms with E-state index in [1.165, 1.54) is 32.1 Å². The quantitative estimate of drug-likeness (QED) is 0.516. The van der Waals surface area contributed by atoms with Crippen molar-refractivity contribution in [1.82, 2.24) is 5.32 Å². The van der Waals surface area contributed by atoms with Gasteiger partial charge in [0.25, 0.3) is 0 Å². The smallest absolute Gasteiger partial charge is 0.312 e. The molecule has 0 heterocycles. The third-order valence-corrected chi connectivity index (χ3v) is 6.17. The molecule has 2 fully saturated rings. The van der Waals surface area contributed by atoms with Crippen molar-refractivity contribution in [1.29, 1.82) is 0 Å². The van der Waals surface area contributed by atoms with Crippen LogP contribution in [0.4, 0.5) is 4.39 Å². The first kappa shape index (κ1) is 19.4. The van der Waals surface area contributed by atoms with Gasteiger partial charge >= 0.3 is 5.97 Å². The fourth-order valence-corrected chi connectivity index (χ4v) is 4.38. The van der Waals surface area contributed by atoms with E-state index in [9.17, 15) is 14.0 Å². The van der Waals surface area contributed by atoms with E-state index in [1.54, 1.807) is 6.92 Å². The molecule has 0 unspecified atom stereocenters. The van der Waals surface area contributed by atoms with Crippen molar-refractivity contribution in [3.05, 3.63) is 0 Å². The molecule has 0 saturated heterocycles. The maximum absolute atomic E-state index is 14.4. The molecule has 138 valence electrons. The van der Waals surface area contributed by atoms with Crippen LogP contribution in [0, 0.1) is 17.3 Å². The van der Waals surface area contributed by atoms with Crippen LogP contribution in [0.2, 0.25) is 0 Å². The monoisotopic (exact) mass is 341 g/mol. The number of rotatable bonds is 9. The van der Waals surface area contributed by atoms with Crippen molar-refractivity contribution in [3.8, 4) is 0 Å². The van der Waals surface area contributed by atoms with Crippen molar-refractivity contribution in [2.75, 3.05) is 13.2 Å². The number of aldehydes is 1. The summed E-state index contributed by atoms with van der Waals surface area (Å²) in [6, 6.07) is 0.283. The van der Waals surface area contributed by atoms with Gasteiger partial charge in [0.15, 0.2) is 12.5 Å². The molecule has 4 nitrogen and oxygen atoms in total. The van der Waals surface area contributed by atoms with Crippen molar-refractivity contribution in [3.63, 3.8) is 0 Å². The Morgan fingerprint density at radius 1 is 1.29 bits per heavy atom. The SMILES string of the molecule is CCOC(=O)C1([C@@H](CN[C@@H](C)C2CCCCC2)[C@@H](F)C=O)CCC1. The van der Waals surface area contributed by atoms with E-state index < -0.39 is 17.5 Å². The number of alkyl halides is 1. The van der Waals surface area contributed by atoms with Crippen LogP contribution in [0.1, 0.15) is 65.2 Å². The van der Waals surface area contributed by atoms with Gasteiger partial charge in [-0.2, -0.15) is 0 Å². The van der Waals surface area contributed by atoms with Gasteiger partial charge in [-0.3, -0.25) is 4.79 Å². The minimum Gasteiger partial charge on any atom is -0.466 e. The lowest BCUT2D eigenvalue weighted by Gasteiger charge is -2.46. The Kier molecular flexibility index (Phi) is 7.20. The summed E-state index contributed by atoms with van der Waals surface area (Å²) in [4.78, 5) is 23.5. The molecule has 5 heteroatoms. The second-order valence-corrected chi connectivity index (χ2v) is 7.51. The Bertz CT molecular complexity index is 419. The number of carbonyl (C=O) groups excluding carboxylic acids is 2. The van der Waals surface area contributed by atoms with E-state index in [2.05, 4.69) is 12.2 Å². The molecule has 0 amide bonds. The average Bonchev–Trinajstić information content (AvgIpc) is 2.56. The van der Waals surface area contributed by atoms with Crippen molar-refractivity contribution in [2.45, 2.75) is 77.4 Å². The molecule has 0 aromatic carbocycles. The summed E-state index contributed by atoms with van der Waals surface area (Å²) in [6.07, 6.45) is 7.06. The highest BCUT2D eigenvalue weighted by molar-refractivity contribution is 5.79. The zero-order chi connectivity index (χ0) is 17.6. The van der Waals surface area contributed by atoms with Crippen LogP contribution < -0.4 is 5.32 Å². The molecule has 2 saturated carbocycles. The van der Waals surface area contributed by atoms with Crippen LogP contribution in [0.5, 0.6) is 0 Å². The van der Waals surface area contributed by atoms with Gasteiger partial charge in [0.1, 0.15) is 0 Å². The van der Waals surface area contributed by atoms with E-state index in [-0.39, 0.29) is 18.6 Å². The van der Waals surface area contributed by atoms with Gasteiger partial charge in [-0.25, -0.2) is 4.39 Å². The molecule has 2 aliphatic carbocycles. The van der Waals surface area contributed by atoms with Gasteiger partial charge < -0.3 is 14.8 Å². The van der Waals surface area contributed by atoms with E-state index in [1.807, 2.05) is 0 Å². The van der Waals surface area contributed by atoms with Crippen LogP contribution >= 0.6 is 0 Å². The molecular formula is C19H32FNO3. The van der Waals surface area contributed by atoms with Crippen LogP contribution in [0.25, 0.3) is 0 Å².